The third-order valence-corrected chi connectivity index (χ3v) is 4.10. The molecule has 1 aliphatic heterocycles. The standard InChI is InChI=1S/C15H21ClN2O3/c1-2-21-15-7-6-12(10-14(15)18(19)20)13(16)11-17-8-4-3-5-9-17/h6-7,10,13H,2-5,8-9,11H2,1H3. The molecule has 0 spiro atoms. The molecule has 0 N–H and O–H groups in total. The van der Waals surface area contributed by atoms with Crippen molar-refractivity contribution in [2.45, 2.75) is 31.6 Å². The number of ether oxygens (including phenoxy) is 1. The monoisotopic (exact) mass is 312 g/mol. The number of halogens is 1. The van der Waals surface area contributed by atoms with Gasteiger partial charge in [-0.3, -0.25) is 10.1 Å². The lowest BCUT2D eigenvalue weighted by atomic mass is 10.1. The van der Waals surface area contributed by atoms with Crippen molar-refractivity contribution >= 4 is 17.3 Å². The van der Waals surface area contributed by atoms with E-state index in [9.17, 15) is 10.1 Å². The third kappa shape index (κ3) is 4.32. The van der Waals surface area contributed by atoms with Crippen LogP contribution in [0.3, 0.4) is 0 Å². The van der Waals surface area contributed by atoms with Gasteiger partial charge in [0.25, 0.3) is 0 Å². The Labute approximate surface area is 130 Å². The van der Waals surface area contributed by atoms with Crippen molar-refractivity contribution in [1.29, 1.82) is 0 Å². The minimum Gasteiger partial charge on any atom is -0.487 e. The molecular formula is C15H21ClN2O3. The van der Waals surface area contributed by atoms with Crippen LogP contribution in [0.15, 0.2) is 18.2 Å². The largest absolute Gasteiger partial charge is 0.487 e. The summed E-state index contributed by atoms with van der Waals surface area (Å²) in [5.74, 6) is 0.299. The van der Waals surface area contributed by atoms with Gasteiger partial charge >= 0.3 is 5.69 Å². The number of nitro groups is 1. The summed E-state index contributed by atoms with van der Waals surface area (Å²) in [5, 5.41) is 10.9. The van der Waals surface area contributed by atoms with Gasteiger partial charge in [0.05, 0.1) is 16.9 Å². The molecule has 21 heavy (non-hydrogen) atoms. The Morgan fingerprint density at radius 1 is 1.38 bits per heavy atom. The molecule has 1 heterocycles. The number of benzene rings is 1. The summed E-state index contributed by atoms with van der Waals surface area (Å²) in [7, 11) is 0. The lowest BCUT2D eigenvalue weighted by molar-refractivity contribution is -0.385. The fourth-order valence-electron chi connectivity index (χ4n) is 2.62. The van der Waals surface area contributed by atoms with Gasteiger partial charge < -0.3 is 9.64 Å². The lowest BCUT2D eigenvalue weighted by Crippen LogP contribution is -2.32. The fraction of sp³-hybridized carbons (Fsp3) is 0.600. The maximum atomic E-state index is 11.1. The van der Waals surface area contributed by atoms with Crippen LogP contribution in [0, 0.1) is 10.1 Å². The summed E-state index contributed by atoms with van der Waals surface area (Å²) in [5.41, 5.74) is 0.760. The quantitative estimate of drug-likeness (QED) is 0.456. The Morgan fingerprint density at radius 3 is 2.71 bits per heavy atom. The molecule has 1 aliphatic rings. The second-order valence-electron chi connectivity index (χ2n) is 5.25. The predicted molar refractivity (Wildman–Crippen MR) is 83.2 cm³/mol. The topological polar surface area (TPSA) is 55.6 Å². The summed E-state index contributed by atoms with van der Waals surface area (Å²) < 4.78 is 5.29. The maximum absolute atomic E-state index is 11.1. The van der Waals surface area contributed by atoms with Gasteiger partial charge in [0.2, 0.25) is 0 Å². The minimum absolute atomic E-state index is 0.0151. The Hall–Kier alpha value is -1.33. The van der Waals surface area contributed by atoms with Crippen LogP contribution in [0.5, 0.6) is 5.75 Å². The molecule has 0 saturated carbocycles. The molecule has 1 aromatic rings. The zero-order chi connectivity index (χ0) is 15.2. The van der Waals surface area contributed by atoms with Crippen LogP contribution in [-0.4, -0.2) is 36.1 Å². The Kier molecular flexibility index (Phi) is 5.82. The SMILES string of the molecule is CCOc1ccc(C(Cl)CN2CCCCC2)cc1[N+](=O)[O-]. The van der Waals surface area contributed by atoms with E-state index >= 15 is 0 Å². The first-order valence-corrected chi connectivity index (χ1v) is 7.83. The van der Waals surface area contributed by atoms with Gasteiger partial charge in [0, 0.05) is 12.6 Å². The van der Waals surface area contributed by atoms with Crippen molar-refractivity contribution in [3.8, 4) is 5.75 Å². The van der Waals surface area contributed by atoms with Gasteiger partial charge in [-0.2, -0.15) is 0 Å². The van der Waals surface area contributed by atoms with E-state index in [-0.39, 0.29) is 11.1 Å². The van der Waals surface area contributed by atoms with Gasteiger partial charge in [0.1, 0.15) is 0 Å². The minimum atomic E-state index is -0.418. The highest BCUT2D eigenvalue weighted by Gasteiger charge is 2.21. The predicted octanol–water partition coefficient (Wildman–Crippen LogP) is 3.76. The van der Waals surface area contributed by atoms with E-state index in [1.807, 2.05) is 6.07 Å². The average Bonchev–Trinajstić information content (AvgIpc) is 2.48. The van der Waals surface area contributed by atoms with Crippen LogP contribution in [0.1, 0.15) is 37.1 Å². The Balaban J connectivity index is 2.11. The number of hydrogen-bond acceptors (Lipinski definition) is 4. The van der Waals surface area contributed by atoms with E-state index in [1.54, 1.807) is 13.0 Å². The second-order valence-corrected chi connectivity index (χ2v) is 5.77. The normalized spacial score (nSPS) is 17.4. The van der Waals surface area contributed by atoms with Gasteiger partial charge in [0.15, 0.2) is 5.75 Å². The molecule has 2 rings (SSSR count). The molecule has 1 fully saturated rings. The molecule has 1 unspecified atom stereocenters. The van der Waals surface area contributed by atoms with Crippen LogP contribution in [0.2, 0.25) is 0 Å². The van der Waals surface area contributed by atoms with Crippen molar-refractivity contribution in [3.05, 3.63) is 33.9 Å². The van der Waals surface area contributed by atoms with Crippen LogP contribution in [-0.2, 0) is 0 Å². The first kappa shape index (κ1) is 16.0. The van der Waals surface area contributed by atoms with Crippen LogP contribution in [0.4, 0.5) is 5.69 Å². The number of nitrogens with zero attached hydrogens (tertiary/aromatic N) is 2. The van der Waals surface area contributed by atoms with Crippen molar-refractivity contribution in [2.24, 2.45) is 0 Å². The van der Waals surface area contributed by atoms with E-state index in [1.165, 1.54) is 25.3 Å². The Morgan fingerprint density at radius 2 is 2.10 bits per heavy atom. The van der Waals surface area contributed by atoms with Crippen LogP contribution < -0.4 is 4.74 Å². The van der Waals surface area contributed by atoms with Crippen molar-refractivity contribution in [3.63, 3.8) is 0 Å². The van der Waals surface area contributed by atoms with E-state index < -0.39 is 4.92 Å². The van der Waals surface area contributed by atoms with Gasteiger partial charge in [-0.1, -0.05) is 12.5 Å². The summed E-state index contributed by atoms with van der Waals surface area (Å²) in [6, 6.07) is 4.99. The Bertz CT molecular complexity index is 490. The van der Waals surface area contributed by atoms with E-state index in [4.69, 9.17) is 16.3 Å². The molecule has 0 aromatic heterocycles. The maximum Gasteiger partial charge on any atom is 0.311 e. The number of piperidine rings is 1. The number of likely N-dealkylation sites (tertiary alicyclic amines) is 1. The molecular weight excluding hydrogens is 292 g/mol. The fourth-order valence-corrected chi connectivity index (χ4v) is 2.95. The molecule has 0 aliphatic carbocycles. The highest BCUT2D eigenvalue weighted by molar-refractivity contribution is 6.21. The van der Waals surface area contributed by atoms with Crippen LogP contribution in [0.25, 0.3) is 0 Å². The zero-order valence-corrected chi connectivity index (χ0v) is 13.0. The molecule has 1 aromatic carbocycles. The van der Waals surface area contributed by atoms with Crippen LogP contribution >= 0.6 is 11.6 Å². The van der Waals surface area contributed by atoms with Crippen molar-refractivity contribution in [2.75, 3.05) is 26.2 Å². The molecule has 1 saturated heterocycles. The summed E-state index contributed by atoms with van der Waals surface area (Å²) in [6.07, 6.45) is 3.68. The highest BCUT2D eigenvalue weighted by Crippen LogP contribution is 2.32. The van der Waals surface area contributed by atoms with E-state index in [2.05, 4.69) is 4.90 Å². The number of rotatable bonds is 6. The average molecular weight is 313 g/mol. The second kappa shape index (κ2) is 7.61. The van der Waals surface area contributed by atoms with Gasteiger partial charge in [-0.25, -0.2) is 0 Å². The summed E-state index contributed by atoms with van der Waals surface area (Å²) >= 11 is 6.44. The smallest absolute Gasteiger partial charge is 0.311 e. The van der Waals surface area contributed by atoms with Crippen molar-refractivity contribution < 1.29 is 9.66 Å². The first-order valence-electron chi connectivity index (χ1n) is 7.39. The summed E-state index contributed by atoms with van der Waals surface area (Å²) in [6.45, 7) is 5.05. The molecule has 6 heteroatoms. The van der Waals surface area contributed by atoms with Gasteiger partial charge in [-0.05, 0) is 44.5 Å². The zero-order valence-electron chi connectivity index (χ0n) is 12.3. The molecule has 5 nitrogen and oxygen atoms in total. The van der Waals surface area contributed by atoms with Gasteiger partial charge in [-0.15, -0.1) is 11.6 Å². The first-order chi connectivity index (χ1) is 10.1. The third-order valence-electron chi connectivity index (χ3n) is 3.71. The number of nitro benzene ring substituents is 1. The summed E-state index contributed by atoms with van der Waals surface area (Å²) in [4.78, 5) is 13.0. The number of hydrogen-bond donors (Lipinski definition) is 0. The van der Waals surface area contributed by atoms with Crippen molar-refractivity contribution in [1.82, 2.24) is 4.90 Å². The highest BCUT2D eigenvalue weighted by atomic mass is 35.5. The molecule has 0 radical (unpaired) electrons. The number of alkyl halides is 1. The molecule has 1 atom stereocenters. The van der Waals surface area contributed by atoms with E-state index in [0.717, 1.165) is 25.2 Å². The molecule has 116 valence electrons. The van der Waals surface area contributed by atoms with E-state index in [0.29, 0.717) is 12.4 Å². The molecule has 0 bridgehead atoms. The lowest BCUT2D eigenvalue weighted by Gasteiger charge is -2.28. The molecule has 0 amide bonds.